The Morgan fingerprint density at radius 2 is 1.69 bits per heavy atom. The van der Waals surface area contributed by atoms with E-state index in [2.05, 4.69) is 20.6 Å². The van der Waals surface area contributed by atoms with Gasteiger partial charge in [-0.1, -0.05) is 23.7 Å². The highest BCUT2D eigenvalue weighted by Gasteiger charge is 2.24. The van der Waals surface area contributed by atoms with Gasteiger partial charge in [0.25, 0.3) is 0 Å². The number of para-hydroxylation sites is 1. The number of nitrogens with zero attached hydrogens (tertiary/aromatic N) is 3. The number of benzene rings is 2. The summed E-state index contributed by atoms with van der Waals surface area (Å²) in [6.07, 6.45) is 1.07. The number of hydrogen-bond acceptors (Lipinski definition) is 6. The first kappa shape index (κ1) is 17.5. The molecule has 0 radical (unpaired) electrons. The van der Waals surface area contributed by atoms with Gasteiger partial charge in [0.1, 0.15) is 18.0 Å². The lowest BCUT2D eigenvalue weighted by atomic mass is 10.3. The quantitative estimate of drug-likeness (QED) is 0.490. The van der Waals surface area contributed by atoms with Gasteiger partial charge in [-0.15, -0.1) is 0 Å². The monoisotopic (exact) mass is 377 g/mol. The fraction of sp³-hybridized carbons (Fsp3) is 0. The third-order valence-electron chi connectivity index (χ3n) is 3.31. The van der Waals surface area contributed by atoms with Gasteiger partial charge < -0.3 is 10.6 Å². The molecule has 132 valence electrons. The number of nitrogens with one attached hydrogen (secondary N) is 2. The van der Waals surface area contributed by atoms with Crippen LogP contribution in [-0.4, -0.2) is 14.9 Å². The molecule has 26 heavy (non-hydrogen) atoms. The fourth-order valence-electron chi connectivity index (χ4n) is 2.14. The molecule has 0 aliphatic heterocycles. The molecule has 7 nitrogen and oxygen atoms in total. The second-order valence-corrected chi connectivity index (χ2v) is 5.44. The van der Waals surface area contributed by atoms with Crippen molar-refractivity contribution in [1.29, 1.82) is 0 Å². The molecule has 3 rings (SSSR count). The van der Waals surface area contributed by atoms with Crippen molar-refractivity contribution in [3.05, 3.63) is 75.6 Å². The van der Waals surface area contributed by atoms with Crippen LogP contribution < -0.4 is 10.6 Å². The highest BCUT2D eigenvalue weighted by atomic mass is 35.5. The predicted molar refractivity (Wildman–Crippen MR) is 93.1 cm³/mol. The van der Waals surface area contributed by atoms with Gasteiger partial charge in [0.15, 0.2) is 0 Å². The third-order valence-corrected chi connectivity index (χ3v) is 3.60. The number of aromatic nitrogens is 2. The molecular formula is C16H10ClF2N5O2. The molecule has 0 saturated carbocycles. The van der Waals surface area contributed by atoms with Crippen molar-refractivity contribution in [2.24, 2.45) is 0 Å². The number of halogens is 3. The molecule has 0 spiro atoms. The van der Waals surface area contributed by atoms with Crippen LogP contribution in [-0.2, 0) is 0 Å². The maximum absolute atomic E-state index is 13.8. The molecule has 0 bridgehead atoms. The van der Waals surface area contributed by atoms with Crippen molar-refractivity contribution in [2.75, 3.05) is 10.6 Å². The van der Waals surface area contributed by atoms with Crippen LogP contribution in [0, 0.1) is 21.7 Å². The van der Waals surface area contributed by atoms with E-state index in [0.717, 1.165) is 12.4 Å². The minimum absolute atomic E-state index is 0.0186. The normalized spacial score (nSPS) is 10.4. The van der Waals surface area contributed by atoms with Crippen LogP contribution in [0.4, 0.5) is 37.5 Å². The topological polar surface area (TPSA) is 93.0 Å². The SMILES string of the molecule is O=[N+]([O-])c1c(Nc2ccc(F)c(Cl)c2)ncnc1Nc1ccccc1F. The van der Waals surface area contributed by atoms with Crippen LogP contribution >= 0.6 is 11.6 Å². The van der Waals surface area contributed by atoms with E-state index in [9.17, 15) is 18.9 Å². The summed E-state index contributed by atoms with van der Waals surface area (Å²) in [5.74, 6) is -1.59. The second kappa shape index (κ2) is 7.28. The Labute approximate surface area is 150 Å². The lowest BCUT2D eigenvalue weighted by molar-refractivity contribution is -0.383. The third kappa shape index (κ3) is 3.67. The molecule has 1 heterocycles. The van der Waals surface area contributed by atoms with Gasteiger partial charge in [-0.3, -0.25) is 10.1 Å². The van der Waals surface area contributed by atoms with E-state index in [1.165, 1.54) is 30.3 Å². The maximum Gasteiger partial charge on any atom is 0.353 e. The van der Waals surface area contributed by atoms with Crippen LogP contribution in [0.1, 0.15) is 0 Å². The molecule has 3 aromatic rings. The second-order valence-electron chi connectivity index (χ2n) is 5.04. The van der Waals surface area contributed by atoms with E-state index < -0.39 is 22.2 Å². The Hall–Kier alpha value is -3.33. The minimum atomic E-state index is -0.712. The van der Waals surface area contributed by atoms with Crippen LogP contribution in [0.5, 0.6) is 0 Å². The number of hydrogen-bond donors (Lipinski definition) is 2. The molecule has 2 aromatic carbocycles. The summed E-state index contributed by atoms with van der Waals surface area (Å²) in [5.41, 5.74) is -0.198. The summed E-state index contributed by atoms with van der Waals surface area (Å²) in [6.45, 7) is 0. The lowest BCUT2D eigenvalue weighted by Gasteiger charge is -2.11. The van der Waals surface area contributed by atoms with Crippen molar-refractivity contribution in [1.82, 2.24) is 9.97 Å². The fourth-order valence-corrected chi connectivity index (χ4v) is 2.32. The van der Waals surface area contributed by atoms with E-state index in [1.54, 1.807) is 6.07 Å². The summed E-state index contributed by atoms with van der Waals surface area (Å²) < 4.78 is 27.0. The highest BCUT2D eigenvalue weighted by Crippen LogP contribution is 2.34. The minimum Gasteiger partial charge on any atom is -0.334 e. The number of rotatable bonds is 5. The van der Waals surface area contributed by atoms with Crippen molar-refractivity contribution in [3.63, 3.8) is 0 Å². The van der Waals surface area contributed by atoms with Crippen LogP contribution in [0.2, 0.25) is 5.02 Å². The van der Waals surface area contributed by atoms with E-state index in [0.29, 0.717) is 0 Å². The summed E-state index contributed by atoms with van der Waals surface area (Å²) in [7, 11) is 0. The molecule has 0 aliphatic carbocycles. The summed E-state index contributed by atoms with van der Waals surface area (Å²) in [4.78, 5) is 18.4. The molecule has 0 atom stereocenters. The molecule has 0 fully saturated rings. The Bertz CT molecular complexity index is 987. The van der Waals surface area contributed by atoms with Gasteiger partial charge in [0, 0.05) is 5.69 Å². The first-order valence-corrected chi connectivity index (χ1v) is 7.56. The average molecular weight is 378 g/mol. The molecule has 1 aromatic heterocycles. The van der Waals surface area contributed by atoms with Crippen molar-refractivity contribution in [2.45, 2.75) is 0 Å². The van der Waals surface area contributed by atoms with E-state index in [-0.39, 0.29) is 28.0 Å². The Kier molecular flexibility index (Phi) is 4.90. The van der Waals surface area contributed by atoms with Gasteiger partial charge in [-0.05, 0) is 30.3 Å². The van der Waals surface area contributed by atoms with Crippen LogP contribution in [0.3, 0.4) is 0 Å². The van der Waals surface area contributed by atoms with E-state index in [1.807, 2.05) is 0 Å². The largest absolute Gasteiger partial charge is 0.353 e. The summed E-state index contributed by atoms with van der Waals surface area (Å²) >= 11 is 5.70. The van der Waals surface area contributed by atoms with E-state index >= 15 is 0 Å². The van der Waals surface area contributed by atoms with Crippen molar-refractivity contribution >= 4 is 40.3 Å². The van der Waals surface area contributed by atoms with Crippen LogP contribution in [0.25, 0.3) is 0 Å². The number of anilines is 4. The van der Waals surface area contributed by atoms with Crippen LogP contribution in [0.15, 0.2) is 48.8 Å². The molecular weight excluding hydrogens is 368 g/mol. The number of nitro groups is 1. The Morgan fingerprint density at radius 1 is 1.00 bits per heavy atom. The maximum atomic E-state index is 13.8. The van der Waals surface area contributed by atoms with Gasteiger partial charge >= 0.3 is 5.69 Å². The molecule has 10 heteroatoms. The van der Waals surface area contributed by atoms with Gasteiger partial charge in [0.05, 0.1) is 15.6 Å². The van der Waals surface area contributed by atoms with E-state index in [4.69, 9.17) is 11.6 Å². The Balaban J connectivity index is 1.99. The smallest absolute Gasteiger partial charge is 0.334 e. The summed E-state index contributed by atoms with van der Waals surface area (Å²) in [5, 5.41) is 16.6. The van der Waals surface area contributed by atoms with Crippen molar-refractivity contribution in [3.8, 4) is 0 Å². The van der Waals surface area contributed by atoms with Gasteiger partial charge in [-0.2, -0.15) is 0 Å². The standard InChI is InChI=1S/C16H10ClF2N5O2/c17-10-7-9(5-6-11(10)18)22-15-14(24(25)26)16(21-8-20-15)23-13-4-2-1-3-12(13)19/h1-8H,(H2,20,21,22,23). The zero-order valence-corrected chi connectivity index (χ0v) is 13.7. The zero-order chi connectivity index (χ0) is 18.7. The molecule has 0 amide bonds. The molecule has 0 unspecified atom stereocenters. The molecule has 0 aliphatic rings. The van der Waals surface area contributed by atoms with Crippen molar-refractivity contribution < 1.29 is 13.7 Å². The Morgan fingerprint density at radius 3 is 2.35 bits per heavy atom. The highest BCUT2D eigenvalue weighted by molar-refractivity contribution is 6.31. The first-order chi connectivity index (χ1) is 12.5. The van der Waals surface area contributed by atoms with Gasteiger partial charge in [0.2, 0.25) is 11.6 Å². The lowest BCUT2D eigenvalue weighted by Crippen LogP contribution is -2.06. The molecule has 2 N–H and O–H groups in total. The average Bonchev–Trinajstić information content (AvgIpc) is 2.60. The predicted octanol–water partition coefficient (Wildman–Crippen LogP) is 4.80. The zero-order valence-electron chi connectivity index (χ0n) is 12.9. The first-order valence-electron chi connectivity index (χ1n) is 7.18. The van der Waals surface area contributed by atoms with Gasteiger partial charge in [-0.25, -0.2) is 18.7 Å². The summed E-state index contributed by atoms with van der Waals surface area (Å²) in [6, 6.07) is 9.38. The molecule has 0 saturated heterocycles.